The number of nitro benzene ring substituents is 1. The van der Waals surface area contributed by atoms with Gasteiger partial charge in [0.1, 0.15) is 0 Å². The zero-order chi connectivity index (χ0) is 10.4. The lowest BCUT2D eigenvalue weighted by Gasteiger charge is -2.10. The van der Waals surface area contributed by atoms with Gasteiger partial charge in [0.25, 0.3) is 5.69 Å². The Bertz CT molecular complexity index is 559. The van der Waals surface area contributed by atoms with Crippen molar-refractivity contribution >= 4 is 17.0 Å². The second kappa shape index (κ2) is 2.90. The smallest absolute Gasteiger partial charge is 0.258 e. The van der Waals surface area contributed by atoms with E-state index < -0.39 is 0 Å². The average Bonchev–Trinajstić information content (AvgIpc) is 2.61. The molecule has 0 amide bonds. The Morgan fingerprint density at radius 3 is 2.93 bits per heavy atom. The number of thiophene rings is 1. The van der Waals surface area contributed by atoms with Gasteiger partial charge in [0.2, 0.25) is 0 Å². The van der Waals surface area contributed by atoms with E-state index in [-0.39, 0.29) is 10.6 Å². The van der Waals surface area contributed by atoms with Gasteiger partial charge in [-0.15, -0.1) is 11.3 Å². The molecule has 0 radical (unpaired) electrons. The predicted octanol–water partition coefficient (Wildman–Crippen LogP) is 3.23. The highest BCUT2D eigenvalue weighted by Gasteiger charge is 2.18. The van der Waals surface area contributed by atoms with E-state index in [9.17, 15) is 10.1 Å². The molecule has 2 heterocycles. The van der Waals surface area contributed by atoms with Crippen LogP contribution < -0.4 is 0 Å². The minimum Gasteiger partial charge on any atom is -0.258 e. The number of nitro groups is 1. The molecular weight excluding hydrogens is 210 g/mol. The molecule has 0 saturated carbocycles. The number of nitrogens with zero attached hydrogens (tertiary/aromatic N) is 1. The Kier molecular flexibility index (Phi) is 1.67. The summed E-state index contributed by atoms with van der Waals surface area (Å²) in [5.74, 6) is 0. The van der Waals surface area contributed by atoms with Gasteiger partial charge in [0.15, 0.2) is 0 Å². The Morgan fingerprint density at radius 1 is 1.27 bits per heavy atom. The number of benzene rings is 1. The molecule has 0 unspecified atom stereocenters. The van der Waals surface area contributed by atoms with Crippen molar-refractivity contribution in [3.63, 3.8) is 0 Å². The molecule has 74 valence electrons. The molecule has 1 aromatic heterocycles. The lowest BCUT2D eigenvalue weighted by atomic mass is 10.0. The van der Waals surface area contributed by atoms with E-state index in [1.165, 1.54) is 10.4 Å². The van der Waals surface area contributed by atoms with Crippen LogP contribution in [0, 0.1) is 10.1 Å². The number of non-ortho nitro benzene ring substituents is 1. The molecule has 0 aliphatic carbocycles. The fraction of sp³-hybridized carbons (Fsp3) is 0.0909. The summed E-state index contributed by atoms with van der Waals surface area (Å²) in [7, 11) is 0. The first-order valence-corrected chi connectivity index (χ1v) is 5.42. The molecule has 0 fully saturated rings. The summed E-state index contributed by atoms with van der Waals surface area (Å²) in [4.78, 5) is 12.8. The SMILES string of the molecule is O=[N+]([O-])c1ccc2c(c1)-c1ccc(s1)C2. The van der Waals surface area contributed by atoms with E-state index in [4.69, 9.17) is 0 Å². The molecule has 1 aliphatic rings. The van der Waals surface area contributed by atoms with Crippen molar-refractivity contribution in [3.8, 4) is 10.4 Å². The molecule has 2 aromatic rings. The van der Waals surface area contributed by atoms with Gasteiger partial charge in [0.05, 0.1) is 4.92 Å². The lowest BCUT2D eigenvalue weighted by Crippen LogP contribution is -1.94. The van der Waals surface area contributed by atoms with Gasteiger partial charge in [0, 0.05) is 33.9 Å². The normalized spacial score (nSPS) is 12.3. The second-order valence-electron chi connectivity index (χ2n) is 3.54. The molecule has 2 bridgehead atoms. The number of fused-ring (bicyclic) bond motifs is 4. The zero-order valence-corrected chi connectivity index (χ0v) is 8.58. The fourth-order valence-corrected chi connectivity index (χ4v) is 2.95. The maximum absolute atomic E-state index is 10.7. The standard InChI is InChI=1S/C11H7NO2S/c13-12(14)8-2-1-7-5-9-3-4-11(15-9)10(7)6-8/h1-4,6H,5H2. The quantitative estimate of drug-likeness (QED) is 0.464. The molecule has 0 spiro atoms. The molecule has 0 atom stereocenters. The van der Waals surface area contributed by atoms with E-state index in [1.54, 1.807) is 23.5 Å². The van der Waals surface area contributed by atoms with Crippen LogP contribution in [0.3, 0.4) is 0 Å². The molecule has 3 rings (SSSR count). The molecular formula is C11H7NO2S. The summed E-state index contributed by atoms with van der Waals surface area (Å²) < 4.78 is 0. The molecule has 3 nitrogen and oxygen atoms in total. The van der Waals surface area contributed by atoms with Crippen LogP contribution in [0.5, 0.6) is 0 Å². The third-order valence-corrected chi connectivity index (χ3v) is 3.71. The van der Waals surface area contributed by atoms with Crippen LogP contribution in [0.1, 0.15) is 10.4 Å². The highest BCUT2D eigenvalue weighted by Crippen LogP contribution is 2.39. The average molecular weight is 217 g/mol. The molecule has 1 aliphatic heterocycles. The highest BCUT2D eigenvalue weighted by atomic mass is 32.1. The van der Waals surface area contributed by atoms with Gasteiger partial charge in [-0.3, -0.25) is 10.1 Å². The van der Waals surface area contributed by atoms with Crippen LogP contribution in [0.25, 0.3) is 10.4 Å². The fourth-order valence-electron chi connectivity index (χ4n) is 1.87. The maximum Gasteiger partial charge on any atom is 0.270 e. The minimum absolute atomic E-state index is 0.172. The van der Waals surface area contributed by atoms with Crippen LogP contribution in [-0.4, -0.2) is 4.92 Å². The van der Waals surface area contributed by atoms with Crippen LogP contribution in [-0.2, 0) is 6.42 Å². The summed E-state index contributed by atoms with van der Waals surface area (Å²) >= 11 is 1.72. The Hall–Kier alpha value is -1.68. The lowest BCUT2D eigenvalue weighted by molar-refractivity contribution is -0.384. The van der Waals surface area contributed by atoms with Gasteiger partial charge in [-0.1, -0.05) is 6.07 Å². The summed E-state index contributed by atoms with van der Waals surface area (Å²) in [5.41, 5.74) is 2.38. The van der Waals surface area contributed by atoms with Gasteiger partial charge >= 0.3 is 0 Å². The zero-order valence-electron chi connectivity index (χ0n) is 7.77. The summed E-state index contributed by atoms with van der Waals surface area (Å²) in [6, 6.07) is 9.24. The first kappa shape index (κ1) is 8.61. The van der Waals surface area contributed by atoms with Crippen LogP contribution in [0.2, 0.25) is 0 Å². The number of hydrogen-bond acceptors (Lipinski definition) is 3. The first-order valence-electron chi connectivity index (χ1n) is 4.60. The van der Waals surface area contributed by atoms with Crippen molar-refractivity contribution in [2.24, 2.45) is 0 Å². The van der Waals surface area contributed by atoms with Gasteiger partial charge < -0.3 is 0 Å². The van der Waals surface area contributed by atoms with E-state index in [0.717, 1.165) is 16.9 Å². The van der Waals surface area contributed by atoms with Crippen molar-refractivity contribution in [2.75, 3.05) is 0 Å². The minimum atomic E-state index is -0.344. The molecule has 1 aromatic carbocycles. The topological polar surface area (TPSA) is 43.1 Å². The monoisotopic (exact) mass is 217 g/mol. The van der Waals surface area contributed by atoms with Gasteiger partial charge in [-0.2, -0.15) is 0 Å². The van der Waals surface area contributed by atoms with Gasteiger partial charge in [-0.05, 0) is 17.7 Å². The van der Waals surface area contributed by atoms with Crippen molar-refractivity contribution in [1.29, 1.82) is 0 Å². The summed E-state index contributed by atoms with van der Waals surface area (Å²) in [6.45, 7) is 0. The van der Waals surface area contributed by atoms with Crippen LogP contribution in [0.15, 0.2) is 30.3 Å². The third-order valence-electron chi connectivity index (χ3n) is 2.60. The van der Waals surface area contributed by atoms with Crippen LogP contribution in [0.4, 0.5) is 5.69 Å². The van der Waals surface area contributed by atoms with E-state index in [1.807, 2.05) is 12.1 Å². The molecule has 4 heteroatoms. The van der Waals surface area contributed by atoms with Crippen molar-refractivity contribution < 1.29 is 4.92 Å². The van der Waals surface area contributed by atoms with Crippen molar-refractivity contribution in [1.82, 2.24) is 0 Å². The maximum atomic E-state index is 10.7. The number of rotatable bonds is 1. The predicted molar refractivity (Wildman–Crippen MR) is 59.2 cm³/mol. The largest absolute Gasteiger partial charge is 0.270 e. The van der Waals surface area contributed by atoms with E-state index in [2.05, 4.69) is 6.07 Å². The third kappa shape index (κ3) is 1.26. The summed E-state index contributed by atoms with van der Waals surface area (Å²) in [5, 5.41) is 10.7. The Balaban J connectivity index is 2.22. The number of hydrogen-bond donors (Lipinski definition) is 0. The van der Waals surface area contributed by atoms with Crippen molar-refractivity contribution in [2.45, 2.75) is 6.42 Å². The second-order valence-corrected chi connectivity index (χ2v) is 4.71. The van der Waals surface area contributed by atoms with Gasteiger partial charge in [-0.25, -0.2) is 0 Å². The highest BCUT2D eigenvalue weighted by molar-refractivity contribution is 7.15. The first-order chi connectivity index (χ1) is 7.24. The van der Waals surface area contributed by atoms with Crippen molar-refractivity contribution in [3.05, 3.63) is 50.9 Å². The van der Waals surface area contributed by atoms with Crippen LogP contribution >= 0.6 is 11.3 Å². The Labute approximate surface area is 90.1 Å². The van der Waals surface area contributed by atoms with E-state index >= 15 is 0 Å². The van der Waals surface area contributed by atoms with E-state index in [0.29, 0.717) is 0 Å². The molecule has 15 heavy (non-hydrogen) atoms. The summed E-state index contributed by atoms with van der Waals surface area (Å²) in [6.07, 6.45) is 0.901. The molecule has 0 N–H and O–H groups in total. The Morgan fingerprint density at radius 2 is 2.13 bits per heavy atom. The molecule has 0 saturated heterocycles.